The molecule has 0 fully saturated rings. The maximum Gasteiger partial charge on any atom is 0.254 e. The van der Waals surface area contributed by atoms with Crippen molar-refractivity contribution in [3.8, 4) is 0 Å². The van der Waals surface area contributed by atoms with Crippen molar-refractivity contribution in [2.24, 2.45) is 0 Å². The number of furan rings is 1. The number of rotatable bonds is 5. The molecular weight excluding hydrogens is 293 g/mol. The standard InChI is InChI=1S/C10H14INO2/c1-8-9(4-7-14-8)10(13)12-6-3-2-5-11/h4,7H,2-3,5-6H2,1H3,(H,12,13). The monoisotopic (exact) mass is 307 g/mol. The first-order chi connectivity index (χ1) is 6.75. The number of alkyl halides is 1. The molecule has 0 saturated heterocycles. The second-order valence-electron chi connectivity index (χ2n) is 3.04. The molecule has 1 aromatic rings. The maximum atomic E-state index is 11.5. The number of unbranched alkanes of at least 4 members (excludes halogenated alkanes) is 1. The number of nitrogens with one attached hydrogen (secondary N) is 1. The Hall–Kier alpha value is -0.520. The van der Waals surface area contributed by atoms with E-state index < -0.39 is 0 Å². The van der Waals surface area contributed by atoms with E-state index in [4.69, 9.17) is 4.42 Å². The predicted molar refractivity (Wildman–Crippen MR) is 63.9 cm³/mol. The summed E-state index contributed by atoms with van der Waals surface area (Å²) < 4.78 is 6.19. The molecule has 0 radical (unpaired) electrons. The molecule has 1 rings (SSSR count). The molecular formula is C10H14INO2. The summed E-state index contributed by atoms with van der Waals surface area (Å²) in [4.78, 5) is 11.5. The number of halogens is 1. The van der Waals surface area contributed by atoms with Gasteiger partial charge in [-0.2, -0.15) is 0 Å². The lowest BCUT2D eigenvalue weighted by molar-refractivity contribution is 0.0951. The van der Waals surface area contributed by atoms with Crippen molar-refractivity contribution < 1.29 is 9.21 Å². The summed E-state index contributed by atoms with van der Waals surface area (Å²) in [5.41, 5.74) is 0.638. The first-order valence-corrected chi connectivity index (χ1v) is 6.16. The minimum absolute atomic E-state index is 0.0373. The molecule has 3 nitrogen and oxygen atoms in total. The van der Waals surface area contributed by atoms with Crippen molar-refractivity contribution >= 4 is 28.5 Å². The molecule has 1 heterocycles. The zero-order chi connectivity index (χ0) is 10.4. The average Bonchev–Trinajstić information content (AvgIpc) is 2.59. The normalized spacial score (nSPS) is 10.1. The number of carbonyl (C=O) groups excluding carboxylic acids is 1. The summed E-state index contributed by atoms with van der Waals surface area (Å²) in [6.07, 6.45) is 3.71. The Morgan fingerprint density at radius 2 is 2.36 bits per heavy atom. The van der Waals surface area contributed by atoms with E-state index in [0.717, 1.165) is 23.8 Å². The quantitative estimate of drug-likeness (QED) is 0.516. The molecule has 0 bridgehead atoms. The third-order valence-electron chi connectivity index (χ3n) is 1.95. The number of carbonyl (C=O) groups is 1. The highest BCUT2D eigenvalue weighted by atomic mass is 127. The van der Waals surface area contributed by atoms with Crippen molar-refractivity contribution in [1.29, 1.82) is 0 Å². The van der Waals surface area contributed by atoms with E-state index in [2.05, 4.69) is 27.9 Å². The number of aryl methyl sites for hydroxylation is 1. The van der Waals surface area contributed by atoms with Crippen LogP contribution in [-0.2, 0) is 0 Å². The van der Waals surface area contributed by atoms with Gasteiger partial charge in [0.15, 0.2) is 0 Å². The molecule has 4 heteroatoms. The fraction of sp³-hybridized carbons (Fsp3) is 0.500. The van der Waals surface area contributed by atoms with Gasteiger partial charge >= 0.3 is 0 Å². The van der Waals surface area contributed by atoms with Crippen LogP contribution in [0.25, 0.3) is 0 Å². The van der Waals surface area contributed by atoms with Gasteiger partial charge in [0.1, 0.15) is 5.76 Å². The smallest absolute Gasteiger partial charge is 0.254 e. The van der Waals surface area contributed by atoms with Crippen LogP contribution in [0, 0.1) is 6.92 Å². The highest BCUT2D eigenvalue weighted by molar-refractivity contribution is 14.1. The van der Waals surface area contributed by atoms with Gasteiger partial charge in [-0.05, 0) is 30.3 Å². The molecule has 1 amide bonds. The van der Waals surface area contributed by atoms with Crippen LogP contribution in [0.15, 0.2) is 16.7 Å². The molecule has 1 N–H and O–H groups in total. The van der Waals surface area contributed by atoms with E-state index in [1.54, 1.807) is 13.0 Å². The van der Waals surface area contributed by atoms with Crippen molar-refractivity contribution in [3.63, 3.8) is 0 Å². The predicted octanol–water partition coefficient (Wildman–Crippen LogP) is 2.53. The minimum atomic E-state index is -0.0373. The van der Waals surface area contributed by atoms with Crippen LogP contribution in [-0.4, -0.2) is 16.9 Å². The van der Waals surface area contributed by atoms with Crippen molar-refractivity contribution in [1.82, 2.24) is 5.32 Å². The van der Waals surface area contributed by atoms with Gasteiger partial charge < -0.3 is 9.73 Å². The zero-order valence-corrected chi connectivity index (χ0v) is 10.3. The van der Waals surface area contributed by atoms with E-state index in [1.165, 1.54) is 6.26 Å². The summed E-state index contributed by atoms with van der Waals surface area (Å²) in [7, 11) is 0. The van der Waals surface area contributed by atoms with E-state index in [0.29, 0.717) is 11.3 Å². The van der Waals surface area contributed by atoms with Gasteiger partial charge in [0, 0.05) is 6.54 Å². The van der Waals surface area contributed by atoms with E-state index in [1.807, 2.05) is 0 Å². The van der Waals surface area contributed by atoms with Crippen LogP contribution in [0.1, 0.15) is 29.0 Å². The molecule has 0 aliphatic heterocycles. The summed E-state index contributed by atoms with van der Waals surface area (Å²) in [5.74, 6) is 0.640. The first kappa shape index (κ1) is 11.6. The minimum Gasteiger partial charge on any atom is -0.469 e. The Bertz CT molecular complexity index is 296. The van der Waals surface area contributed by atoms with Gasteiger partial charge in [-0.15, -0.1) is 0 Å². The third kappa shape index (κ3) is 3.32. The fourth-order valence-corrected chi connectivity index (χ4v) is 1.68. The summed E-state index contributed by atoms with van der Waals surface area (Å²) >= 11 is 2.33. The Morgan fingerprint density at radius 3 is 2.93 bits per heavy atom. The van der Waals surface area contributed by atoms with Crippen LogP contribution in [0.3, 0.4) is 0 Å². The Kier molecular flexibility index (Phi) is 5.00. The van der Waals surface area contributed by atoms with Crippen LogP contribution in [0.2, 0.25) is 0 Å². The summed E-state index contributed by atoms with van der Waals surface area (Å²) in [5, 5.41) is 2.86. The average molecular weight is 307 g/mol. The van der Waals surface area contributed by atoms with Crippen molar-refractivity contribution in [2.45, 2.75) is 19.8 Å². The lowest BCUT2D eigenvalue weighted by Gasteiger charge is -2.02. The molecule has 0 atom stereocenters. The van der Waals surface area contributed by atoms with Crippen LogP contribution < -0.4 is 5.32 Å². The SMILES string of the molecule is Cc1occc1C(=O)NCCCCI. The maximum absolute atomic E-state index is 11.5. The topological polar surface area (TPSA) is 42.2 Å². The van der Waals surface area contributed by atoms with Crippen LogP contribution >= 0.6 is 22.6 Å². The van der Waals surface area contributed by atoms with Crippen molar-refractivity contribution in [2.75, 3.05) is 11.0 Å². The van der Waals surface area contributed by atoms with Gasteiger partial charge in [0.05, 0.1) is 11.8 Å². The van der Waals surface area contributed by atoms with Gasteiger partial charge in [0.2, 0.25) is 0 Å². The summed E-state index contributed by atoms with van der Waals surface area (Å²) in [6, 6.07) is 1.70. The molecule has 78 valence electrons. The van der Waals surface area contributed by atoms with Gasteiger partial charge in [-0.1, -0.05) is 22.6 Å². The van der Waals surface area contributed by atoms with Crippen LogP contribution in [0.4, 0.5) is 0 Å². The van der Waals surface area contributed by atoms with E-state index in [9.17, 15) is 4.79 Å². The second kappa shape index (κ2) is 6.06. The molecule has 14 heavy (non-hydrogen) atoms. The highest BCUT2D eigenvalue weighted by Gasteiger charge is 2.09. The van der Waals surface area contributed by atoms with Crippen LogP contribution in [0.5, 0.6) is 0 Å². The Labute approximate surface area is 97.4 Å². The van der Waals surface area contributed by atoms with Gasteiger partial charge in [-0.3, -0.25) is 4.79 Å². The molecule has 0 unspecified atom stereocenters. The fourth-order valence-electron chi connectivity index (χ4n) is 1.14. The van der Waals surface area contributed by atoms with E-state index in [-0.39, 0.29) is 5.91 Å². The summed E-state index contributed by atoms with van der Waals surface area (Å²) in [6.45, 7) is 2.53. The zero-order valence-electron chi connectivity index (χ0n) is 8.18. The highest BCUT2D eigenvalue weighted by Crippen LogP contribution is 2.07. The van der Waals surface area contributed by atoms with Gasteiger partial charge in [0.25, 0.3) is 5.91 Å². The van der Waals surface area contributed by atoms with Gasteiger partial charge in [-0.25, -0.2) is 0 Å². The Morgan fingerprint density at radius 1 is 1.57 bits per heavy atom. The Balaban J connectivity index is 2.32. The molecule has 0 spiro atoms. The number of hydrogen-bond donors (Lipinski definition) is 1. The lowest BCUT2D eigenvalue weighted by atomic mass is 10.2. The largest absolute Gasteiger partial charge is 0.469 e. The number of amides is 1. The van der Waals surface area contributed by atoms with Crippen molar-refractivity contribution in [3.05, 3.63) is 23.7 Å². The molecule has 0 aromatic carbocycles. The second-order valence-corrected chi connectivity index (χ2v) is 4.12. The van der Waals surface area contributed by atoms with E-state index >= 15 is 0 Å². The molecule has 0 saturated carbocycles. The molecule has 1 aromatic heterocycles. The lowest BCUT2D eigenvalue weighted by Crippen LogP contribution is -2.24. The molecule has 0 aliphatic carbocycles. The molecule has 0 aliphatic rings. The number of hydrogen-bond acceptors (Lipinski definition) is 2. The first-order valence-electron chi connectivity index (χ1n) is 4.64. The third-order valence-corrected chi connectivity index (χ3v) is 2.71.